The Morgan fingerprint density at radius 2 is 1.74 bits per heavy atom. The molecule has 5 heteroatoms. The van der Waals surface area contributed by atoms with Gasteiger partial charge < -0.3 is 5.32 Å². The molecule has 0 radical (unpaired) electrons. The zero-order valence-corrected chi connectivity index (χ0v) is 10.3. The molecule has 0 saturated heterocycles. The quantitative estimate of drug-likeness (QED) is 0.677. The van der Waals surface area contributed by atoms with E-state index in [1.165, 1.54) is 18.2 Å². The van der Waals surface area contributed by atoms with Crippen LogP contribution in [0.25, 0.3) is 0 Å². The molecule has 0 fully saturated rings. The summed E-state index contributed by atoms with van der Waals surface area (Å²) >= 11 is 0. The molecular weight excluding hydrogens is 244 g/mol. The van der Waals surface area contributed by atoms with Gasteiger partial charge in [0.05, 0.1) is 4.92 Å². The molecule has 0 atom stereocenters. The summed E-state index contributed by atoms with van der Waals surface area (Å²) in [6, 6.07) is 13.1. The molecule has 0 bridgehead atoms. The van der Waals surface area contributed by atoms with E-state index in [1.54, 1.807) is 18.2 Å². The predicted molar refractivity (Wildman–Crippen MR) is 72.2 cm³/mol. The maximum Gasteiger partial charge on any atom is 0.282 e. The fourth-order valence-corrected chi connectivity index (χ4v) is 1.66. The van der Waals surface area contributed by atoms with Gasteiger partial charge in [0.1, 0.15) is 5.56 Å². The van der Waals surface area contributed by atoms with Crippen LogP contribution in [0, 0.1) is 17.0 Å². The van der Waals surface area contributed by atoms with E-state index in [-0.39, 0.29) is 11.3 Å². The minimum atomic E-state index is -0.565. The van der Waals surface area contributed by atoms with Crippen molar-refractivity contribution in [3.8, 4) is 0 Å². The Morgan fingerprint density at radius 3 is 2.37 bits per heavy atom. The molecule has 0 aliphatic heterocycles. The van der Waals surface area contributed by atoms with Gasteiger partial charge in [-0.15, -0.1) is 0 Å². The highest BCUT2D eigenvalue weighted by Gasteiger charge is 2.18. The number of para-hydroxylation sites is 1. The number of nitro benzene ring substituents is 1. The van der Waals surface area contributed by atoms with Crippen LogP contribution < -0.4 is 5.32 Å². The van der Waals surface area contributed by atoms with Crippen molar-refractivity contribution < 1.29 is 9.72 Å². The average molecular weight is 256 g/mol. The molecule has 1 N–H and O–H groups in total. The molecular formula is C14H12N2O3. The van der Waals surface area contributed by atoms with Crippen molar-refractivity contribution in [2.24, 2.45) is 0 Å². The van der Waals surface area contributed by atoms with Crippen LogP contribution in [0.4, 0.5) is 11.4 Å². The van der Waals surface area contributed by atoms with Gasteiger partial charge in [-0.2, -0.15) is 0 Å². The van der Waals surface area contributed by atoms with Gasteiger partial charge in [0, 0.05) is 11.8 Å². The zero-order chi connectivity index (χ0) is 13.8. The molecule has 96 valence electrons. The van der Waals surface area contributed by atoms with E-state index in [1.807, 2.05) is 19.1 Å². The third-order valence-corrected chi connectivity index (χ3v) is 2.65. The van der Waals surface area contributed by atoms with Crippen molar-refractivity contribution in [1.82, 2.24) is 0 Å². The first-order chi connectivity index (χ1) is 9.08. The summed E-state index contributed by atoms with van der Waals surface area (Å²) in [5.74, 6) is -0.490. The van der Waals surface area contributed by atoms with Crippen LogP contribution in [0.3, 0.4) is 0 Å². The first-order valence-corrected chi connectivity index (χ1v) is 5.69. The number of carbonyl (C=O) groups excluding carboxylic acids is 1. The monoisotopic (exact) mass is 256 g/mol. The van der Waals surface area contributed by atoms with Gasteiger partial charge >= 0.3 is 0 Å². The number of amides is 1. The fourth-order valence-electron chi connectivity index (χ4n) is 1.66. The second-order valence-electron chi connectivity index (χ2n) is 4.09. The van der Waals surface area contributed by atoms with Gasteiger partial charge in [0.2, 0.25) is 0 Å². The molecule has 2 rings (SSSR count). The second kappa shape index (κ2) is 5.30. The largest absolute Gasteiger partial charge is 0.322 e. The van der Waals surface area contributed by atoms with Crippen LogP contribution in [0.5, 0.6) is 0 Å². The first kappa shape index (κ1) is 12.8. The van der Waals surface area contributed by atoms with Crippen LogP contribution in [0.15, 0.2) is 48.5 Å². The van der Waals surface area contributed by atoms with E-state index in [9.17, 15) is 14.9 Å². The normalized spacial score (nSPS) is 9.95. The van der Waals surface area contributed by atoms with Crippen LogP contribution in [-0.4, -0.2) is 10.8 Å². The Kier molecular flexibility index (Phi) is 3.56. The minimum Gasteiger partial charge on any atom is -0.322 e. The van der Waals surface area contributed by atoms with Crippen molar-refractivity contribution in [3.05, 3.63) is 69.8 Å². The van der Waals surface area contributed by atoms with Gasteiger partial charge in [-0.05, 0) is 25.1 Å². The Balaban J connectivity index is 2.25. The standard InChI is InChI=1S/C14H12N2O3/c1-10-6-8-11(9-7-10)15-14(17)12-4-2-3-5-13(12)16(18)19/h2-9H,1H3,(H,15,17). The highest BCUT2D eigenvalue weighted by atomic mass is 16.6. The number of nitrogens with one attached hydrogen (secondary N) is 1. The lowest BCUT2D eigenvalue weighted by Crippen LogP contribution is -2.13. The number of anilines is 1. The Hall–Kier alpha value is -2.69. The summed E-state index contributed by atoms with van der Waals surface area (Å²) in [4.78, 5) is 22.3. The summed E-state index contributed by atoms with van der Waals surface area (Å²) in [6.45, 7) is 1.94. The molecule has 1 amide bonds. The summed E-state index contributed by atoms with van der Waals surface area (Å²) in [7, 11) is 0. The Morgan fingerprint density at radius 1 is 1.11 bits per heavy atom. The molecule has 0 saturated carbocycles. The lowest BCUT2D eigenvalue weighted by atomic mass is 10.1. The van der Waals surface area contributed by atoms with Crippen molar-refractivity contribution in [2.75, 3.05) is 5.32 Å². The molecule has 0 spiro atoms. The van der Waals surface area contributed by atoms with E-state index < -0.39 is 10.8 Å². The highest BCUT2D eigenvalue weighted by molar-refractivity contribution is 6.07. The molecule has 0 unspecified atom stereocenters. The summed E-state index contributed by atoms with van der Waals surface area (Å²) in [5, 5.41) is 13.5. The molecule has 2 aromatic carbocycles. The molecule has 0 aliphatic rings. The number of hydrogen-bond donors (Lipinski definition) is 1. The Labute approximate surface area is 110 Å². The maximum absolute atomic E-state index is 12.0. The third kappa shape index (κ3) is 2.95. The van der Waals surface area contributed by atoms with Gasteiger partial charge in [-0.3, -0.25) is 14.9 Å². The van der Waals surface area contributed by atoms with E-state index in [2.05, 4.69) is 5.32 Å². The fraction of sp³-hybridized carbons (Fsp3) is 0.0714. The molecule has 19 heavy (non-hydrogen) atoms. The molecule has 5 nitrogen and oxygen atoms in total. The van der Waals surface area contributed by atoms with Gasteiger partial charge in [0.25, 0.3) is 11.6 Å². The van der Waals surface area contributed by atoms with Crippen molar-refractivity contribution in [2.45, 2.75) is 6.92 Å². The smallest absolute Gasteiger partial charge is 0.282 e. The first-order valence-electron chi connectivity index (χ1n) is 5.69. The zero-order valence-electron chi connectivity index (χ0n) is 10.3. The van der Waals surface area contributed by atoms with E-state index in [0.29, 0.717) is 5.69 Å². The van der Waals surface area contributed by atoms with E-state index >= 15 is 0 Å². The summed E-state index contributed by atoms with van der Waals surface area (Å²) in [5.41, 5.74) is 1.53. The number of carbonyl (C=O) groups is 1. The van der Waals surface area contributed by atoms with Crippen LogP contribution >= 0.6 is 0 Å². The predicted octanol–water partition coefficient (Wildman–Crippen LogP) is 3.16. The summed E-state index contributed by atoms with van der Waals surface area (Å²) < 4.78 is 0. The van der Waals surface area contributed by atoms with Crippen LogP contribution in [0.2, 0.25) is 0 Å². The number of hydrogen-bond acceptors (Lipinski definition) is 3. The topological polar surface area (TPSA) is 72.2 Å². The summed E-state index contributed by atoms with van der Waals surface area (Å²) in [6.07, 6.45) is 0. The lowest BCUT2D eigenvalue weighted by Gasteiger charge is -2.06. The Bertz CT molecular complexity index is 621. The SMILES string of the molecule is Cc1ccc(NC(=O)c2ccccc2[N+](=O)[O-])cc1. The number of nitrogens with zero attached hydrogens (tertiary/aromatic N) is 1. The molecule has 0 heterocycles. The number of benzene rings is 2. The van der Waals surface area contributed by atoms with Gasteiger partial charge in [-0.1, -0.05) is 29.8 Å². The number of nitro groups is 1. The third-order valence-electron chi connectivity index (χ3n) is 2.65. The second-order valence-corrected chi connectivity index (χ2v) is 4.09. The lowest BCUT2D eigenvalue weighted by molar-refractivity contribution is -0.385. The minimum absolute atomic E-state index is 0.0491. The number of rotatable bonds is 3. The van der Waals surface area contributed by atoms with E-state index in [4.69, 9.17) is 0 Å². The van der Waals surface area contributed by atoms with E-state index in [0.717, 1.165) is 5.56 Å². The van der Waals surface area contributed by atoms with Crippen molar-refractivity contribution in [3.63, 3.8) is 0 Å². The van der Waals surface area contributed by atoms with Gasteiger partial charge in [0.15, 0.2) is 0 Å². The van der Waals surface area contributed by atoms with Crippen LogP contribution in [-0.2, 0) is 0 Å². The average Bonchev–Trinajstić information content (AvgIpc) is 2.41. The number of aryl methyl sites for hydroxylation is 1. The highest BCUT2D eigenvalue weighted by Crippen LogP contribution is 2.19. The van der Waals surface area contributed by atoms with Gasteiger partial charge in [-0.25, -0.2) is 0 Å². The van der Waals surface area contributed by atoms with Crippen molar-refractivity contribution >= 4 is 17.3 Å². The maximum atomic E-state index is 12.0. The van der Waals surface area contributed by atoms with Crippen LogP contribution in [0.1, 0.15) is 15.9 Å². The van der Waals surface area contributed by atoms with Crippen molar-refractivity contribution in [1.29, 1.82) is 0 Å². The molecule has 2 aromatic rings. The molecule has 0 aliphatic carbocycles. The molecule has 0 aromatic heterocycles.